The minimum Gasteiger partial charge on any atom is -0.296 e. The van der Waals surface area contributed by atoms with E-state index in [1.165, 1.54) is 11.6 Å². The van der Waals surface area contributed by atoms with Crippen LogP contribution in [-0.4, -0.2) is 17.6 Å². The molecule has 1 aliphatic rings. The maximum absolute atomic E-state index is 12.9. The zero-order valence-electron chi connectivity index (χ0n) is 16.0. The summed E-state index contributed by atoms with van der Waals surface area (Å²) in [6, 6.07) is 10.1. The molecule has 1 N–H and O–H groups in total. The van der Waals surface area contributed by atoms with Crippen molar-refractivity contribution in [3.05, 3.63) is 59.2 Å². The largest absolute Gasteiger partial charge is 0.296 e. The van der Waals surface area contributed by atoms with Crippen molar-refractivity contribution in [1.82, 2.24) is 5.32 Å². The first-order chi connectivity index (χ1) is 12.9. The number of benzene rings is 2. The Morgan fingerprint density at radius 2 is 2.04 bits per heavy atom. The summed E-state index contributed by atoms with van der Waals surface area (Å²) in [6.07, 6.45) is 4.88. The van der Waals surface area contributed by atoms with Gasteiger partial charge in [0.25, 0.3) is 0 Å². The Morgan fingerprint density at radius 3 is 2.74 bits per heavy atom. The van der Waals surface area contributed by atoms with Crippen molar-refractivity contribution >= 4 is 28.4 Å². The van der Waals surface area contributed by atoms with Gasteiger partial charge in [0.05, 0.1) is 5.92 Å². The molecule has 4 heteroatoms. The van der Waals surface area contributed by atoms with Crippen LogP contribution in [0.4, 0.5) is 0 Å². The van der Waals surface area contributed by atoms with Crippen molar-refractivity contribution in [2.45, 2.75) is 46.0 Å². The number of imide groups is 1. The van der Waals surface area contributed by atoms with Gasteiger partial charge in [0.1, 0.15) is 0 Å². The molecule has 0 spiro atoms. The molecule has 0 bridgehead atoms. The minimum atomic E-state index is -0.432. The van der Waals surface area contributed by atoms with Crippen LogP contribution in [-0.2, 0) is 9.59 Å². The molecule has 0 aromatic heterocycles. The Morgan fingerprint density at radius 1 is 1.26 bits per heavy atom. The maximum atomic E-state index is 12.9. The lowest BCUT2D eigenvalue weighted by molar-refractivity contribution is -0.135. The van der Waals surface area contributed by atoms with Crippen LogP contribution in [0.15, 0.2) is 42.5 Å². The molecule has 0 radical (unpaired) electrons. The van der Waals surface area contributed by atoms with Crippen LogP contribution in [0, 0.1) is 12.8 Å². The number of nitrogens with one attached hydrogen (secondary N) is 1. The summed E-state index contributed by atoms with van der Waals surface area (Å²) in [4.78, 5) is 36.0. The van der Waals surface area contributed by atoms with Gasteiger partial charge in [0.15, 0.2) is 5.78 Å². The van der Waals surface area contributed by atoms with Crippen molar-refractivity contribution in [1.29, 1.82) is 0 Å². The molecule has 1 fully saturated rings. The first kappa shape index (κ1) is 19.0. The molecular formula is C23H25NO3. The number of carbonyl (C=O) groups excluding carboxylic acids is 3. The fourth-order valence-electron chi connectivity index (χ4n) is 3.65. The van der Waals surface area contributed by atoms with Gasteiger partial charge in [-0.1, -0.05) is 50.3 Å². The maximum Gasteiger partial charge on any atom is 0.233 e. The quantitative estimate of drug-likeness (QED) is 0.485. The lowest BCUT2D eigenvalue weighted by atomic mass is 9.88. The average Bonchev–Trinajstić information content (AvgIpc) is 2.66. The van der Waals surface area contributed by atoms with Gasteiger partial charge in [-0.3, -0.25) is 19.7 Å². The second-order valence-electron chi connectivity index (χ2n) is 7.29. The summed E-state index contributed by atoms with van der Waals surface area (Å²) in [7, 11) is 0. The van der Waals surface area contributed by atoms with Gasteiger partial charge < -0.3 is 0 Å². The molecule has 2 aromatic carbocycles. The second-order valence-corrected chi connectivity index (χ2v) is 7.29. The van der Waals surface area contributed by atoms with Crippen LogP contribution < -0.4 is 5.32 Å². The summed E-state index contributed by atoms with van der Waals surface area (Å²) in [5.74, 6) is -0.716. The van der Waals surface area contributed by atoms with Gasteiger partial charge in [-0.25, -0.2) is 0 Å². The minimum absolute atomic E-state index is 0.116. The number of amides is 2. The van der Waals surface area contributed by atoms with E-state index in [-0.39, 0.29) is 17.6 Å². The highest BCUT2D eigenvalue weighted by atomic mass is 16.2. The van der Waals surface area contributed by atoms with Gasteiger partial charge in [-0.2, -0.15) is 0 Å². The normalized spacial score (nSPS) is 18.7. The van der Waals surface area contributed by atoms with E-state index in [0.717, 1.165) is 22.8 Å². The average molecular weight is 363 g/mol. The Labute approximate surface area is 159 Å². The Hall–Kier alpha value is -2.75. The van der Waals surface area contributed by atoms with Crippen LogP contribution in [0.3, 0.4) is 0 Å². The lowest BCUT2D eigenvalue weighted by Gasteiger charge is -2.17. The molecule has 1 heterocycles. The molecule has 2 amide bonds. The third kappa shape index (κ3) is 3.85. The van der Waals surface area contributed by atoms with E-state index in [1.54, 1.807) is 6.08 Å². The lowest BCUT2D eigenvalue weighted by Crippen LogP contribution is -2.39. The standard InChI is InChI=1S/C23H25NO3/c1-4-14(2)17-11-8-15(3)22-18(17)6-5-7-19(22)20(25)12-9-16-10-13-21(26)24-23(16)27/h5-9,11-12,14,16H,4,10,13H2,1-3H3,(H,24,26,27)/b12-9+/t14?,16-/m0/s1. The molecule has 2 atom stereocenters. The molecule has 1 aliphatic heterocycles. The van der Waals surface area contributed by atoms with E-state index in [2.05, 4.69) is 37.4 Å². The van der Waals surface area contributed by atoms with Crippen LogP contribution in [0.5, 0.6) is 0 Å². The molecule has 3 rings (SSSR count). The number of ketones is 1. The third-order valence-electron chi connectivity index (χ3n) is 5.45. The van der Waals surface area contributed by atoms with Crippen molar-refractivity contribution in [2.75, 3.05) is 0 Å². The number of carbonyl (C=O) groups is 3. The van der Waals surface area contributed by atoms with Crippen molar-refractivity contribution in [3.63, 3.8) is 0 Å². The fraction of sp³-hybridized carbons (Fsp3) is 0.348. The number of hydrogen-bond donors (Lipinski definition) is 1. The van der Waals surface area contributed by atoms with Gasteiger partial charge in [-0.05, 0) is 53.7 Å². The molecule has 0 saturated carbocycles. The van der Waals surface area contributed by atoms with E-state index < -0.39 is 5.92 Å². The summed E-state index contributed by atoms with van der Waals surface area (Å²) < 4.78 is 0. The Balaban J connectivity index is 1.97. The number of rotatable bonds is 5. The van der Waals surface area contributed by atoms with Crippen LogP contribution in [0.25, 0.3) is 10.8 Å². The van der Waals surface area contributed by atoms with E-state index >= 15 is 0 Å². The smallest absolute Gasteiger partial charge is 0.233 e. The number of hydrogen-bond acceptors (Lipinski definition) is 3. The summed E-state index contributed by atoms with van der Waals surface area (Å²) in [6.45, 7) is 6.37. The van der Waals surface area contributed by atoms with Gasteiger partial charge >= 0.3 is 0 Å². The van der Waals surface area contributed by atoms with Crippen LogP contribution >= 0.6 is 0 Å². The third-order valence-corrected chi connectivity index (χ3v) is 5.45. The highest BCUT2D eigenvalue weighted by molar-refractivity contribution is 6.15. The van der Waals surface area contributed by atoms with Crippen molar-refractivity contribution in [3.8, 4) is 0 Å². The summed E-state index contributed by atoms with van der Waals surface area (Å²) >= 11 is 0. The van der Waals surface area contributed by atoms with Gasteiger partial charge in [0.2, 0.25) is 11.8 Å². The van der Waals surface area contributed by atoms with Crippen molar-refractivity contribution < 1.29 is 14.4 Å². The first-order valence-corrected chi connectivity index (χ1v) is 9.50. The van der Waals surface area contributed by atoms with E-state index in [4.69, 9.17) is 0 Å². The van der Waals surface area contributed by atoms with E-state index in [0.29, 0.717) is 24.3 Å². The Kier molecular flexibility index (Phi) is 5.54. The number of aryl methyl sites for hydroxylation is 1. The second kappa shape index (κ2) is 7.87. The molecule has 1 saturated heterocycles. The van der Waals surface area contributed by atoms with E-state index in [1.807, 2.05) is 19.1 Å². The Bertz CT molecular complexity index is 942. The molecule has 2 aromatic rings. The molecule has 27 heavy (non-hydrogen) atoms. The van der Waals surface area contributed by atoms with Gasteiger partial charge in [-0.15, -0.1) is 0 Å². The highest BCUT2D eigenvalue weighted by Crippen LogP contribution is 2.32. The molecule has 0 aliphatic carbocycles. The number of piperidine rings is 1. The van der Waals surface area contributed by atoms with Crippen LogP contribution in [0.2, 0.25) is 0 Å². The zero-order chi connectivity index (χ0) is 19.6. The highest BCUT2D eigenvalue weighted by Gasteiger charge is 2.24. The van der Waals surface area contributed by atoms with Crippen molar-refractivity contribution in [2.24, 2.45) is 5.92 Å². The predicted octanol–water partition coefficient (Wildman–Crippen LogP) is 4.45. The predicted molar refractivity (Wildman–Crippen MR) is 107 cm³/mol. The van der Waals surface area contributed by atoms with Gasteiger partial charge in [0, 0.05) is 12.0 Å². The summed E-state index contributed by atoms with van der Waals surface area (Å²) in [5, 5.41) is 4.41. The fourth-order valence-corrected chi connectivity index (χ4v) is 3.65. The topological polar surface area (TPSA) is 63.2 Å². The molecular weight excluding hydrogens is 338 g/mol. The monoisotopic (exact) mass is 363 g/mol. The van der Waals surface area contributed by atoms with E-state index in [9.17, 15) is 14.4 Å². The molecule has 140 valence electrons. The number of fused-ring (bicyclic) bond motifs is 1. The SMILES string of the molecule is CCC(C)c1ccc(C)c2c(C(=O)/C=C/[C@H]3CCC(=O)NC3=O)cccc12. The zero-order valence-corrected chi connectivity index (χ0v) is 16.0. The number of allylic oxidation sites excluding steroid dienone is 1. The molecule has 4 nitrogen and oxygen atoms in total. The molecule has 1 unspecified atom stereocenters. The van der Waals surface area contributed by atoms with Crippen LogP contribution in [0.1, 0.15) is 60.5 Å². The summed E-state index contributed by atoms with van der Waals surface area (Å²) in [5.41, 5.74) is 2.97. The first-order valence-electron chi connectivity index (χ1n) is 9.50.